The fraction of sp³-hybridized carbons (Fsp3) is 0.111. The van der Waals surface area contributed by atoms with Gasteiger partial charge in [0.15, 0.2) is 0 Å². The molecule has 1 saturated heterocycles. The van der Waals surface area contributed by atoms with E-state index in [4.69, 9.17) is 0 Å². The minimum atomic E-state index is -0.831. The molecular weight excluding hydrogens is 374 g/mol. The van der Waals surface area contributed by atoms with Gasteiger partial charge in [0.25, 0.3) is 11.7 Å². The van der Waals surface area contributed by atoms with E-state index in [2.05, 4.69) is 15.9 Å². The standard InChI is InChI=1S/C18H14BrNO4/c19-13-8-6-11(7-9-13)15-14(17(23)18(24)20(15)10-21)16(22)12-4-2-1-3-5-12/h1-9,15,21-22H,10H2/t15-/m0/s1. The Hall–Kier alpha value is -2.44. The Morgan fingerprint density at radius 3 is 2.25 bits per heavy atom. The maximum absolute atomic E-state index is 12.4. The van der Waals surface area contributed by atoms with Crippen molar-refractivity contribution in [3.63, 3.8) is 0 Å². The zero-order valence-corrected chi connectivity index (χ0v) is 14.1. The van der Waals surface area contributed by atoms with Gasteiger partial charge in [-0.1, -0.05) is 58.4 Å². The van der Waals surface area contributed by atoms with Crippen molar-refractivity contribution in [1.82, 2.24) is 4.90 Å². The van der Waals surface area contributed by atoms with E-state index in [1.165, 1.54) is 0 Å². The van der Waals surface area contributed by atoms with Crippen LogP contribution in [0.25, 0.3) is 5.76 Å². The third-order valence-electron chi connectivity index (χ3n) is 3.93. The molecular formula is C18H14BrNO4. The SMILES string of the molecule is O=C1C(=O)N(CO)[C@@H](c2ccc(Br)cc2)C1=C(O)c1ccccc1. The number of carbonyl (C=O) groups excluding carboxylic acids is 2. The molecule has 122 valence electrons. The lowest BCUT2D eigenvalue weighted by Gasteiger charge is -2.23. The summed E-state index contributed by atoms with van der Waals surface area (Å²) in [5.74, 6) is -1.89. The van der Waals surface area contributed by atoms with Crippen LogP contribution in [0.3, 0.4) is 0 Å². The molecule has 0 radical (unpaired) electrons. The average molecular weight is 388 g/mol. The van der Waals surface area contributed by atoms with E-state index in [0.717, 1.165) is 9.37 Å². The zero-order valence-electron chi connectivity index (χ0n) is 12.5. The van der Waals surface area contributed by atoms with E-state index in [-0.39, 0.29) is 11.3 Å². The number of Topliss-reactive ketones (excluding diaryl/α,β-unsaturated/α-hetero) is 1. The van der Waals surface area contributed by atoms with Gasteiger partial charge < -0.3 is 15.1 Å². The first-order valence-electron chi connectivity index (χ1n) is 7.24. The molecule has 1 fully saturated rings. The molecule has 6 heteroatoms. The largest absolute Gasteiger partial charge is 0.507 e. The first kappa shape index (κ1) is 16.4. The lowest BCUT2D eigenvalue weighted by Crippen LogP contribution is -2.30. The highest BCUT2D eigenvalue weighted by Crippen LogP contribution is 2.39. The molecule has 24 heavy (non-hydrogen) atoms. The van der Waals surface area contributed by atoms with Crippen LogP contribution in [0.5, 0.6) is 0 Å². The van der Waals surface area contributed by atoms with E-state index in [0.29, 0.717) is 11.1 Å². The number of nitrogens with zero attached hydrogens (tertiary/aromatic N) is 1. The first-order chi connectivity index (χ1) is 11.5. The summed E-state index contributed by atoms with van der Waals surface area (Å²) in [5, 5.41) is 20.1. The van der Waals surface area contributed by atoms with Gasteiger partial charge in [-0.3, -0.25) is 9.59 Å². The Morgan fingerprint density at radius 2 is 1.67 bits per heavy atom. The third kappa shape index (κ3) is 2.74. The molecule has 5 nitrogen and oxygen atoms in total. The number of halogens is 1. The van der Waals surface area contributed by atoms with Gasteiger partial charge in [-0.05, 0) is 17.7 Å². The minimum absolute atomic E-state index is 0.0254. The normalized spacial score (nSPS) is 19.8. The van der Waals surface area contributed by atoms with Crippen molar-refractivity contribution in [3.8, 4) is 0 Å². The molecule has 1 aliphatic rings. The zero-order chi connectivity index (χ0) is 17.3. The highest BCUT2D eigenvalue weighted by molar-refractivity contribution is 9.10. The highest BCUT2D eigenvalue weighted by atomic mass is 79.9. The van der Waals surface area contributed by atoms with Gasteiger partial charge in [-0.25, -0.2) is 0 Å². The van der Waals surface area contributed by atoms with Crippen molar-refractivity contribution in [1.29, 1.82) is 0 Å². The molecule has 0 aliphatic carbocycles. The van der Waals surface area contributed by atoms with E-state index >= 15 is 0 Å². The van der Waals surface area contributed by atoms with E-state index in [1.807, 2.05) is 0 Å². The lowest BCUT2D eigenvalue weighted by atomic mass is 9.95. The van der Waals surface area contributed by atoms with Crippen LogP contribution >= 0.6 is 15.9 Å². The van der Waals surface area contributed by atoms with E-state index in [1.54, 1.807) is 54.6 Å². The summed E-state index contributed by atoms with van der Waals surface area (Å²) < 4.78 is 0.843. The number of rotatable bonds is 3. The summed E-state index contributed by atoms with van der Waals surface area (Å²) in [7, 11) is 0. The van der Waals surface area contributed by atoms with Crippen molar-refractivity contribution in [2.75, 3.05) is 6.73 Å². The van der Waals surface area contributed by atoms with Gasteiger partial charge in [0, 0.05) is 10.0 Å². The monoisotopic (exact) mass is 387 g/mol. The number of ketones is 1. The Kier molecular flexibility index (Phi) is 4.51. The van der Waals surface area contributed by atoms with Crippen LogP contribution in [0.15, 0.2) is 64.6 Å². The molecule has 0 aromatic heterocycles. The summed E-state index contributed by atoms with van der Waals surface area (Å²) >= 11 is 3.33. The van der Waals surface area contributed by atoms with Gasteiger partial charge in [-0.2, -0.15) is 0 Å². The molecule has 1 amide bonds. The van der Waals surface area contributed by atoms with Crippen molar-refractivity contribution in [2.24, 2.45) is 0 Å². The second kappa shape index (κ2) is 6.59. The quantitative estimate of drug-likeness (QED) is 0.482. The Morgan fingerprint density at radius 1 is 1.04 bits per heavy atom. The fourth-order valence-corrected chi connectivity index (χ4v) is 3.03. The molecule has 2 aromatic carbocycles. The van der Waals surface area contributed by atoms with Crippen LogP contribution in [0, 0.1) is 0 Å². The van der Waals surface area contributed by atoms with Gasteiger partial charge >= 0.3 is 0 Å². The van der Waals surface area contributed by atoms with Crippen LogP contribution < -0.4 is 0 Å². The number of carbonyl (C=O) groups is 2. The van der Waals surface area contributed by atoms with Crippen molar-refractivity contribution < 1.29 is 19.8 Å². The minimum Gasteiger partial charge on any atom is -0.507 e. The Bertz CT molecular complexity index is 815. The summed E-state index contributed by atoms with van der Waals surface area (Å²) in [4.78, 5) is 25.6. The smallest absolute Gasteiger partial charge is 0.297 e. The summed E-state index contributed by atoms with van der Waals surface area (Å²) in [5.41, 5.74) is 1.04. The molecule has 2 aromatic rings. The summed E-state index contributed by atoms with van der Waals surface area (Å²) in [6, 6.07) is 14.7. The van der Waals surface area contributed by atoms with Crippen LogP contribution in [0.1, 0.15) is 17.2 Å². The number of aliphatic hydroxyl groups excluding tert-OH is 2. The van der Waals surface area contributed by atoms with Crippen molar-refractivity contribution in [2.45, 2.75) is 6.04 Å². The predicted octanol–water partition coefficient (Wildman–Crippen LogP) is 2.82. The fourth-order valence-electron chi connectivity index (χ4n) is 2.77. The van der Waals surface area contributed by atoms with Gasteiger partial charge in [0.1, 0.15) is 12.5 Å². The van der Waals surface area contributed by atoms with Crippen molar-refractivity contribution >= 4 is 33.4 Å². The van der Waals surface area contributed by atoms with Crippen LogP contribution in [-0.2, 0) is 9.59 Å². The molecule has 1 aliphatic heterocycles. The number of hydrogen-bond donors (Lipinski definition) is 2. The molecule has 0 bridgehead atoms. The second-order valence-electron chi connectivity index (χ2n) is 5.33. The molecule has 0 unspecified atom stereocenters. The number of benzene rings is 2. The highest BCUT2D eigenvalue weighted by Gasteiger charge is 2.45. The Balaban J connectivity index is 2.19. The van der Waals surface area contributed by atoms with Gasteiger partial charge in [0.05, 0.1) is 11.6 Å². The number of likely N-dealkylation sites (tertiary alicyclic amines) is 1. The molecule has 1 heterocycles. The van der Waals surface area contributed by atoms with Crippen LogP contribution in [0.2, 0.25) is 0 Å². The topological polar surface area (TPSA) is 77.8 Å². The average Bonchev–Trinajstić information content (AvgIpc) is 2.86. The van der Waals surface area contributed by atoms with Crippen LogP contribution in [0.4, 0.5) is 0 Å². The number of aliphatic hydroxyl groups is 2. The molecule has 2 N–H and O–H groups in total. The molecule has 0 saturated carbocycles. The first-order valence-corrected chi connectivity index (χ1v) is 8.04. The van der Waals surface area contributed by atoms with Gasteiger partial charge in [-0.15, -0.1) is 0 Å². The maximum Gasteiger partial charge on any atom is 0.297 e. The third-order valence-corrected chi connectivity index (χ3v) is 4.45. The van der Waals surface area contributed by atoms with Gasteiger partial charge in [0.2, 0.25) is 0 Å². The maximum atomic E-state index is 12.4. The lowest BCUT2D eigenvalue weighted by molar-refractivity contribution is -0.142. The molecule has 1 atom stereocenters. The number of amides is 1. The van der Waals surface area contributed by atoms with E-state index < -0.39 is 24.5 Å². The summed E-state index contributed by atoms with van der Waals surface area (Å²) in [6.45, 7) is -0.614. The predicted molar refractivity (Wildman–Crippen MR) is 91.8 cm³/mol. The second-order valence-corrected chi connectivity index (χ2v) is 6.24. The molecule has 3 rings (SSSR count). The summed E-state index contributed by atoms with van der Waals surface area (Å²) in [6.07, 6.45) is 0. The Labute approximate surface area is 147 Å². The van der Waals surface area contributed by atoms with Crippen LogP contribution in [-0.4, -0.2) is 33.5 Å². The molecule has 0 spiro atoms. The number of hydrogen-bond acceptors (Lipinski definition) is 4. The van der Waals surface area contributed by atoms with E-state index in [9.17, 15) is 19.8 Å². The van der Waals surface area contributed by atoms with Crippen molar-refractivity contribution in [3.05, 3.63) is 75.8 Å².